The summed E-state index contributed by atoms with van der Waals surface area (Å²) >= 11 is 0. The molecule has 5 heteroatoms. The second-order valence-corrected chi connectivity index (χ2v) is 5.18. The Hall–Kier alpha value is -2.04. The minimum atomic E-state index is -0.684. The summed E-state index contributed by atoms with van der Waals surface area (Å²) in [5.41, 5.74) is 0.999. The molecule has 1 rings (SSSR count). The van der Waals surface area contributed by atoms with Gasteiger partial charge in [-0.1, -0.05) is 19.9 Å². The Morgan fingerprint density at radius 2 is 2.00 bits per heavy atom. The minimum absolute atomic E-state index is 0.0520. The number of methoxy groups -OCH3 is 1. The molecule has 5 nitrogen and oxygen atoms in total. The van der Waals surface area contributed by atoms with Crippen molar-refractivity contribution in [2.75, 3.05) is 7.11 Å². The van der Waals surface area contributed by atoms with E-state index in [4.69, 9.17) is 0 Å². The monoisotopic (exact) mass is 279 g/mol. The summed E-state index contributed by atoms with van der Waals surface area (Å²) in [6.07, 6.45) is 0.496. The number of benzene rings is 1. The average Bonchev–Trinajstić information content (AvgIpc) is 2.39. The lowest BCUT2D eigenvalue weighted by atomic mass is 10.0. The third-order valence-electron chi connectivity index (χ3n) is 2.97. The van der Waals surface area contributed by atoms with E-state index in [1.54, 1.807) is 19.1 Å². The van der Waals surface area contributed by atoms with Gasteiger partial charge in [0.2, 0.25) is 0 Å². The van der Waals surface area contributed by atoms with Crippen molar-refractivity contribution in [1.29, 1.82) is 0 Å². The molecule has 2 N–H and O–H groups in total. The molecular weight excluding hydrogens is 258 g/mol. The van der Waals surface area contributed by atoms with E-state index in [1.807, 2.05) is 13.8 Å². The summed E-state index contributed by atoms with van der Waals surface area (Å²) in [4.78, 5) is 23.7. The number of carbonyl (C=O) groups excluding carboxylic acids is 2. The SMILES string of the molecule is COC(=O)C(CC(C)C)NC(=O)c1ccc(C)c(O)c1. The third-order valence-corrected chi connectivity index (χ3v) is 2.97. The first-order valence-electron chi connectivity index (χ1n) is 6.53. The summed E-state index contributed by atoms with van der Waals surface area (Å²) < 4.78 is 4.69. The molecule has 0 aliphatic rings. The number of hydrogen-bond donors (Lipinski definition) is 2. The lowest BCUT2D eigenvalue weighted by molar-refractivity contribution is -0.143. The number of phenolic OH excluding ortho intramolecular Hbond substituents is 1. The van der Waals surface area contributed by atoms with E-state index in [0.717, 1.165) is 0 Å². The van der Waals surface area contributed by atoms with Crippen LogP contribution in [0, 0.1) is 12.8 Å². The van der Waals surface area contributed by atoms with Gasteiger partial charge in [-0.25, -0.2) is 4.79 Å². The van der Waals surface area contributed by atoms with E-state index in [9.17, 15) is 14.7 Å². The van der Waals surface area contributed by atoms with Crippen molar-refractivity contribution in [3.8, 4) is 5.75 Å². The molecule has 0 spiro atoms. The van der Waals surface area contributed by atoms with Gasteiger partial charge >= 0.3 is 5.97 Å². The molecular formula is C15H21NO4. The summed E-state index contributed by atoms with van der Waals surface area (Å²) in [5.74, 6) is -0.582. The molecule has 0 saturated carbocycles. The first-order valence-corrected chi connectivity index (χ1v) is 6.53. The van der Waals surface area contributed by atoms with Crippen LogP contribution in [-0.4, -0.2) is 30.1 Å². The summed E-state index contributed by atoms with van der Waals surface area (Å²) in [6.45, 7) is 5.66. The van der Waals surface area contributed by atoms with Crippen LogP contribution in [0.15, 0.2) is 18.2 Å². The van der Waals surface area contributed by atoms with Crippen LogP contribution in [0.25, 0.3) is 0 Å². The van der Waals surface area contributed by atoms with Crippen molar-refractivity contribution in [2.24, 2.45) is 5.92 Å². The van der Waals surface area contributed by atoms with Crippen molar-refractivity contribution in [2.45, 2.75) is 33.2 Å². The molecule has 0 aliphatic carbocycles. The number of esters is 1. The van der Waals surface area contributed by atoms with Gasteiger partial charge < -0.3 is 15.2 Å². The first-order chi connectivity index (χ1) is 9.35. The number of amides is 1. The average molecular weight is 279 g/mol. The molecule has 1 atom stereocenters. The highest BCUT2D eigenvalue weighted by Crippen LogP contribution is 2.17. The van der Waals surface area contributed by atoms with Gasteiger partial charge in [0, 0.05) is 5.56 Å². The largest absolute Gasteiger partial charge is 0.508 e. The predicted molar refractivity (Wildman–Crippen MR) is 75.6 cm³/mol. The zero-order valence-electron chi connectivity index (χ0n) is 12.3. The fourth-order valence-electron chi connectivity index (χ4n) is 1.82. The molecule has 1 aromatic rings. The van der Waals surface area contributed by atoms with E-state index in [-0.39, 0.29) is 11.7 Å². The molecule has 110 valence electrons. The number of aryl methyl sites for hydroxylation is 1. The topological polar surface area (TPSA) is 75.6 Å². The Bertz CT molecular complexity index is 497. The lowest BCUT2D eigenvalue weighted by Crippen LogP contribution is -2.42. The highest BCUT2D eigenvalue weighted by atomic mass is 16.5. The number of carbonyl (C=O) groups is 2. The van der Waals surface area contributed by atoms with Crippen LogP contribution in [-0.2, 0) is 9.53 Å². The van der Waals surface area contributed by atoms with Gasteiger partial charge in [0.1, 0.15) is 11.8 Å². The maximum Gasteiger partial charge on any atom is 0.328 e. The van der Waals surface area contributed by atoms with E-state index in [1.165, 1.54) is 13.2 Å². The fourth-order valence-corrected chi connectivity index (χ4v) is 1.82. The van der Waals surface area contributed by atoms with Gasteiger partial charge in [0.05, 0.1) is 7.11 Å². The molecule has 1 unspecified atom stereocenters. The predicted octanol–water partition coefficient (Wildman–Crippen LogP) is 2.02. The van der Waals surface area contributed by atoms with Gasteiger partial charge in [-0.2, -0.15) is 0 Å². The Morgan fingerprint density at radius 1 is 1.35 bits per heavy atom. The van der Waals surface area contributed by atoms with Crippen LogP contribution >= 0.6 is 0 Å². The molecule has 0 fully saturated rings. The minimum Gasteiger partial charge on any atom is -0.508 e. The van der Waals surface area contributed by atoms with Gasteiger partial charge in [-0.05, 0) is 37.0 Å². The van der Waals surface area contributed by atoms with Crippen LogP contribution in [0.2, 0.25) is 0 Å². The van der Waals surface area contributed by atoms with Crippen LogP contribution in [0.3, 0.4) is 0 Å². The fraction of sp³-hybridized carbons (Fsp3) is 0.467. The third kappa shape index (κ3) is 4.26. The molecule has 1 aromatic carbocycles. The molecule has 0 saturated heterocycles. The lowest BCUT2D eigenvalue weighted by Gasteiger charge is -2.18. The zero-order valence-corrected chi connectivity index (χ0v) is 12.3. The highest BCUT2D eigenvalue weighted by molar-refractivity contribution is 5.97. The molecule has 0 aliphatic heterocycles. The van der Waals surface area contributed by atoms with Gasteiger partial charge in [-0.3, -0.25) is 4.79 Å². The molecule has 1 amide bonds. The number of ether oxygens (including phenoxy) is 1. The summed E-state index contributed by atoms with van der Waals surface area (Å²) in [5, 5.41) is 12.2. The van der Waals surface area contributed by atoms with Crippen LogP contribution < -0.4 is 5.32 Å². The maximum absolute atomic E-state index is 12.1. The van der Waals surface area contributed by atoms with Gasteiger partial charge in [-0.15, -0.1) is 0 Å². The number of phenols is 1. The normalized spacial score (nSPS) is 12.1. The van der Waals surface area contributed by atoms with E-state index in [2.05, 4.69) is 10.1 Å². The summed E-state index contributed by atoms with van der Waals surface area (Å²) in [6, 6.07) is 3.96. The van der Waals surface area contributed by atoms with Crippen molar-refractivity contribution in [1.82, 2.24) is 5.32 Å². The van der Waals surface area contributed by atoms with Crippen molar-refractivity contribution >= 4 is 11.9 Å². The Morgan fingerprint density at radius 3 is 2.50 bits per heavy atom. The van der Waals surface area contributed by atoms with Crippen molar-refractivity contribution < 1.29 is 19.4 Å². The molecule has 0 heterocycles. The second-order valence-electron chi connectivity index (χ2n) is 5.18. The molecule has 0 aromatic heterocycles. The van der Waals surface area contributed by atoms with Gasteiger partial charge in [0.15, 0.2) is 0 Å². The molecule has 0 radical (unpaired) electrons. The van der Waals surface area contributed by atoms with E-state index >= 15 is 0 Å². The quantitative estimate of drug-likeness (QED) is 0.808. The van der Waals surface area contributed by atoms with Gasteiger partial charge in [0.25, 0.3) is 5.91 Å². The Labute approximate surface area is 118 Å². The molecule has 0 bridgehead atoms. The first kappa shape index (κ1) is 16.0. The smallest absolute Gasteiger partial charge is 0.328 e. The van der Waals surface area contributed by atoms with Crippen molar-refractivity contribution in [3.63, 3.8) is 0 Å². The number of rotatable bonds is 5. The second kappa shape index (κ2) is 6.93. The standard InChI is InChI=1S/C15H21NO4/c1-9(2)7-12(15(19)20-4)16-14(18)11-6-5-10(3)13(17)8-11/h5-6,8-9,12,17H,7H2,1-4H3,(H,16,18). The Balaban J connectivity index is 2.84. The maximum atomic E-state index is 12.1. The van der Waals surface area contributed by atoms with E-state index < -0.39 is 17.9 Å². The molecule has 20 heavy (non-hydrogen) atoms. The number of nitrogens with one attached hydrogen (secondary N) is 1. The van der Waals surface area contributed by atoms with Crippen molar-refractivity contribution in [3.05, 3.63) is 29.3 Å². The highest BCUT2D eigenvalue weighted by Gasteiger charge is 2.23. The number of aromatic hydroxyl groups is 1. The number of hydrogen-bond acceptors (Lipinski definition) is 4. The summed E-state index contributed by atoms with van der Waals surface area (Å²) in [7, 11) is 1.29. The van der Waals surface area contributed by atoms with Crippen LogP contribution in [0.5, 0.6) is 5.75 Å². The van der Waals surface area contributed by atoms with E-state index in [0.29, 0.717) is 17.5 Å². The Kier molecular flexibility index (Phi) is 5.55. The van der Waals surface area contributed by atoms with Crippen LogP contribution in [0.4, 0.5) is 0 Å². The van der Waals surface area contributed by atoms with Crippen LogP contribution in [0.1, 0.15) is 36.2 Å². The zero-order chi connectivity index (χ0) is 15.3.